The van der Waals surface area contributed by atoms with Crippen LogP contribution in [0.2, 0.25) is 0 Å². The number of fused-ring (bicyclic) bond motifs is 1. The first kappa shape index (κ1) is 28.2. The zero-order chi connectivity index (χ0) is 29.5. The summed E-state index contributed by atoms with van der Waals surface area (Å²) in [5, 5.41) is 10.2. The lowest BCUT2D eigenvalue weighted by atomic mass is 9.84. The number of aliphatic hydroxyl groups is 1. The van der Waals surface area contributed by atoms with Gasteiger partial charge in [0.15, 0.2) is 23.0 Å². The van der Waals surface area contributed by atoms with E-state index in [0.29, 0.717) is 35.4 Å². The number of pyridine rings is 1. The third-order valence-corrected chi connectivity index (χ3v) is 7.01. The topological polar surface area (TPSA) is 158 Å². The number of carbonyl (C=O) groups is 1. The van der Waals surface area contributed by atoms with Crippen molar-refractivity contribution in [3.8, 4) is 17.0 Å². The van der Waals surface area contributed by atoms with Crippen LogP contribution in [0.15, 0.2) is 37.1 Å². The van der Waals surface area contributed by atoms with Gasteiger partial charge in [0, 0.05) is 31.6 Å². The van der Waals surface area contributed by atoms with Crippen molar-refractivity contribution in [1.82, 2.24) is 24.5 Å². The second-order valence-corrected chi connectivity index (χ2v) is 9.90. The number of anilines is 2. The molecule has 0 bridgehead atoms. The molecule has 0 spiro atoms. The fourth-order valence-corrected chi connectivity index (χ4v) is 5.01. The number of nitrogen functional groups attached to an aromatic ring is 1. The molecule has 11 nitrogen and oxygen atoms in total. The van der Waals surface area contributed by atoms with Gasteiger partial charge in [-0.1, -0.05) is 0 Å². The Morgan fingerprint density at radius 1 is 1.17 bits per heavy atom. The highest BCUT2D eigenvalue weighted by Crippen LogP contribution is 2.35. The molecule has 5 N–H and O–H groups in total. The Balaban J connectivity index is 1.59. The van der Waals surface area contributed by atoms with Crippen LogP contribution in [0.3, 0.4) is 0 Å². The molecular weight excluding hydrogens is 548 g/mol. The molecule has 15 heteroatoms. The number of halogens is 4. The average Bonchev–Trinajstić information content (AvgIpc) is 3.33. The molecule has 0 radical (unpaired) electrons. The fraction of sp³-hybridized carbons (Fsp3) is 0.346. The molecule has 1 aliphatic rings. The number of ether oxygens (including phenoxy) is 1. The van der Waals surface area contributed by atoms with E-state index < -0.39 is 41.4 Å². The Kier molecular flexibility index (Phi) is 7.48. The van der Waals surface area contributed by atoms with Crippen LogP contribution >= 0.6 is 0 Å². The lowest BCUT2D eigenvalue weighted by molar-refractivity contribution is -0.132. The molecule has 0 aliphatic carbocycles. The molecule has 0 amide bonds. The third-order valence-electron chi connectivity index (χ3n) is 7.01. The lowest BCUT2D eigenvalue weighted by Gasteiger charge is -2.44. The van der Waals surface area contributed by atoms with Gasteiger partial charge in [-0.15, -0.1) is 0 Å². The van der Waals surface area contributed by atoms with E-state index in [9.17, 15) is 23.1 Å². The van der Waals surface area contributed by atoms with Crippen LogP contribution in [-0.4, -0.2) is 66.7 Å². The van der Waals surface area contributed by atoms with E-state index in [4.69, 9.17) is 16.2 Å². The first-order chi connectivity index (χ1) is 19.5. The van der Waals surface area contributed by atoms with Gasteiger partial charge in [0.1, 0.15) is 23.8 Å². The first-order valence-corrected chi connectivity index (χ1v) is 12.5. The van der Waals surface area contributed by atoms with E-state index in [-0.39, 0.29) is 36.6 Å². The van der Waals surface area contributed by atoms with Crippen molar-refractivity contribution in [3.05, 3.63) is 54.2 Å². The third kappa shape index (κ3) is 5.50. The van der Waals surface area contributed by atoms with Crippen molar-refractivity contribution < 1.29 is 32.2 Å². The maximum Gasteiger partial charge on any atom is 0.308 e. The number of nitrogens with zero attached hydrogens (tertiary/aromatic N) is 6. The molecule has 1 aromatic carbocycles. The van der Waals surface area contributed by atoms with E-state index in [0.717, 1.165) is 19.1 Å². The van der Waals surface area contributed by atoms with Gasteiger partial charge in [-0.25, -0.2) is 32.5 Å². The summed E-state index contributed by atoms with van der Waals surface area (Å²) < 4.78 is 63.0. The lowest BCUT2D eigenvalue weighted by Crippen LogP contribution is -2.63. The van der Waals surface area contributed by atoms with Crippen LogP contribution < -0.4 is 21.1 Å². The van der Waals surface area contributed by atoms with E-state index in [1.807, 2.05) is 0 Å². The molecule has 41 heavy (non-hydrogen) atoms. The Morgan fingerprint density at radius 2 is 1.95 bits per heavy atom. The zero-order valence-electron chi connectivity index (χ0n) is 21.8. The van der Waals surface area contributed by atoms with Crippen molar-refractivity contribution in [2.24, 2.45) is 5.73 Å². The zero-order valence-corrected chi connectivity index (χ0v) is 21.8. The number of aromatic nitrogens is 5. The van der Waals surface area contributed by atoms with Crippen molar-refractivity contribution >= 4 is 28.6 Å². The van der Waals surface area contributed by atoms with Crippen LogP contribution in [0.1, 0.15) is 25.3 Å². The highest BCUT2D eigenvalue weighted by atomic mass is 19.3. The molecule has 5 rings (SSSR count). The average molecular weight is 575 g/mol. The Morgan fingerprint density at radius 3 is 2.68 bits per heavy atom. The Hall–Kier alpha value is -4.37. The summed E-state index contributed by atoms with van der Waals surface area (Å²) in [7, 11) is 0. The second-order valence-electron chi connectivity index (χ2n) is 9.90. The molecular formula is C26H26F4N8O3. The van der Waals surface area contributed by atoms with Gasteiger partial charge in [-0.2, -0.15) is 0 Å². The Labute approximate surface area is 230 Å². The Bertz CT molecular complexity index is 1620. The number of esters is 1. The van der Waals surface area contributed by atoms with Crippen LogP contribution in [0, 0.1) is 11.6 Å². The van der Waals surface area contributed by atoms with Gasteiger partial charge in [0.2, 0.25) is 0 Å². The number of hydrogen-bond acceptors (Lipinski definition) is 10. The fourth-order valence-electron chi connectivity index (χ4n) is 5.01. The molecule has 0 saturated carbocycles. The number of carbonyl (C=O) groups excluding carboxylic acids is 1. The predicted octanol–water partition coefficient (Wildman–Crippen LogP) is 2.65. The minimum atomic E-state index is -3.03. The van der Waals surface area contributed by atoms with Crippen molar-refractivity contribution in [2.45, 2.75) is 44.4 Å². The number of nitrogens with two attached hydrogens (primary N) is 2. The summed E-state index contributed by atoms with van der Waals surface area (Å²) in [5.41, 5.74) is 12.2. The number of imidazole rings is 1. The monoisotopic (exact) mass is 574 g/mol. The van der Waals surface area contributed by atoms with Crippen LogP contribution in [-0.2, 0) is 11.3 Å². The predicted molar refractivity (Wildman–Crippen MR) is 140 cm³/mol. The number of aliphatic hydroxyl groups excluding tert-OH is 1. The highest BCUT2D eigenvalue weighted by Gasteiger charge is 2.43. The number of hydrogen-bond donors (Lipinski definition) is 3. The molecule has 0 unspecified atom stereocenters. The molecule has 3 aromatic heterocycles. The summed E-state index contributed by atoms with van der Waals surface area (Å²) in [5.74, 6) is -3.07. The van der Waals surface area contributed by atoms with Crippen LogP contribution in [0.25, 0.3) is 22.4 Å². The molecule has 216 valence electrons. The van der Waals surface area contributed by atoms with Gasteiger partial charge in [-0.3, -0.25) is 9.78 Å². The smallest absolute Gasteiger partial charge is 0.308 e. The molecule has 4 heterocycles. The van der Waals surface area contributed by atoms with Crippen LogP contribution in [0.4, 0.5) is 29.1 Å². The summed E-state index contributed by atoms with van der Waals surface area (Å²) >= 11 is 0. The van der Waals surface area contributed by atoms with E-state index in [2.05, 4.69) is 19.9 Å². The molecule has 1 fully saturated rings. The summed E-state index contributed by atoms with van der Waals surface area (Å²) in [6.07, 6.45) is -0.325. The standard InChI is InChI=1S/C26H26F4N8O3/c1-13(39)41-20-7-16(27)15(6-17(20)28)18-5-14(9-38-12-36-21-24(31)34-11-35-25(21)38)19(8-33-18)37-4-2-3-26(32,10-37)22(40)23(29)30/h5-8,11-12,22-23,40H,2-4,9-10,32H2,1H3,(H2,31,34,35)/t22-,26-/m1/s1. The maximum absolute atomic E-state index is 15.1. The number of alkyl halides is 2. The van der Waals surface area contributed by atoms with Gasteiger partial charge in [-0.05, 0) is 30.5 Å². The molecule has 2 atom stereocenters. The summed E-state index contributed by atoms with van der Waals surface area (Å²) in [6, 6.07) is 3.14. The summed E-state index contributed by atoms with van der Waals surface area (Å²) in [6.45, 7) is 1.47. The van der Waals surface area contributed by atoms with Gasteiger partial charge in [0.25, 0.3) is 6.43 Å². The maximum atomic E-state index is 15.1. The van der Waals surface area contributed by atoms with Gasteiger partial charge in [0.05, 0.1) is 36.0 Å². The first-order valence-electron chi connectivity index (χ1n) is 12.5. The molecule has 4 aromatic rings. The van der Waals surface area contributed by atoms with E-state index >= 15 is 4.39 Å². The van der Waals surface area contributed by atoms with Gasteiger partial charge < -0.3 is 30.8 Å². The number of piperidine rings is 1. The largest absolute Gasteiger partial charge is 0.423 e. The normalized spacial score (nSPS) is 18.2. The van der Waals surface area contributed by atoms with E-state index in [1.54, 1.807) is 9.47 Å². The number of rotatable bonds is 7. The van der Waals surface area contributed by atoms with E-state index in [1.165, 1.54) is 24.9 Å². The molecule has 1 saturated heterocycles. The van der Waals surface area contributed by atoms with Crippen molar-refractivity contribution in [1.29, 1.82) is 0 Å². The minimum absolute atomic E-state index is 0.0525. The molecule has 1 aliphatic heterocycles. The second kappa shape index (κ2) is 10.9. The van der Waals surface area contributed by atoms with Gasteiger partial charge >= 0.3 is 5.97 Å². The summed E-state index contributed by atoms with van der Waals surface area (Å²) in [4.78, 5) is 29.7. The number of benzene rings is 1. The van der Waals surface area contributed by atoms with Crippen molar-refractivity contribution in [2.75, 3.05) is 23.7 Å². The minimum Gasteiger partial charge on any atom is -0.423 e. The quantitative estimate of drug-likeness (QED) is 0.170. The van der Waals surface area contributed by atoms with Crippen LogP contribution in [0.5, 0.6) is 5.75 Å². The van der Waals surface area contributed by atoms with Crippen molar-refractivity contribution in [3.63, 3.8) is 0 Å². The highest BCUT2D eigenvalue weighted by molar-refractivity contribution is 5.81. The SMILES string of the molecule is CC(=O)Oc1cc(F)c(-c2cc(Cn3cnc4c(N)ncnc43)c(N3CCC[C@](N)([C@H](O)C(F)F)C3)cn2)cc1F.